The number of rotatable bonds is 5. The molecule has 0 heterocycles. The molecule has 0 aliphatic rings. The molecule has 25 heavy (non-hydrogen) atoms. The van der Waals surface area contributed by atoms with Gasteiger partial charge in [-0.05, 0) is 59.4 Å². The maximum absolute atomic E-state index is 9.38. The van der Waals surface area contributed by atoms with Gasteiger partial charge >= 0.3 is 0 Å². The van der Waals surface area contributed by atoms with Gasteiger partial charge in [-0.1, -0.05) is 59.6 Å². The maximum atomic E-state index is 9.38. The minimum absolute atomic E-state index is 0.293. The fourth-order valence-electron chi connectivity index (χ4n) is 2.21. The highest BCUT2D eigenvalue weighted by Gasteiger charge is 2.08. The van der Waals surface area contributed by atoms with Crippen LogP contribution < -0.4 is 4.74 Å². The van der Waals surface area contributed by atoms with Crippen molar-refractivity contribution in [2.45, 2.75) is 39.5 Å². The molecule has 0 aromatic heterocycles. The number of methoxy groups -OCH3 is 1. The smallest absolute Gasteiger partial charge is 0.188 e. The first-order valence-corrected chi connectivity index (χ1v) is 9.74. The van der Waals surface area contributed by atoms with Gasteiger partial charge in [0, 0.05) is 16.1 Å². The van der Waals surface area contributed by atoms with Crippen molar-refractivity contribution in [1.82, 2.24) is 0 Å². The molecule has 0 atom stereocenters. The average Bonchev–Trinajstić information content (AvgIpc) is 2.56. The molecule has 3 nitrogen and oxygen atoms in total. The summed E-state index contributed by atoms with van der Waals surface area (Å²) in [5.41, 5.74) is 2.18. The normalized spacial score (nSPS) is 10.6. The van der Waals surface area contributed by atoms with Gasteiger partial charge in [-0.15, -0.1) is 0 Å². The van der Waals surface area contributed by atoms with Gasteiger partial charge in [0.25, 0.3) is 0 Å². The largest absolute Gasteiger partial charge is 0.508 e. The Bertz CT molecular complexity index is 670. The van der Waals surface area contributed by atoms with Crippen LogP contribution in [0.15, 0.2) is 45.3 Å². The predicted molar refractivity (Wildman–Crippen MR) is 111 cm³/mol. The van der Waals surface area contributed by atoms with Gasteiger partial charge in [0.15, 0.2) is 6.79 Å². The second-order valence-corrected chi connectivity index (χ2v) is 8.08. The molecule has 0 fully saturated rings. The van der Waals surface area contributed by atoms with E-state index >= 15 is 0 Å². The number of aromatic hydroxyl groups is 1. The lowest BCUT2D eigenvalue weighted by molar-refractivity contribution is 0.0502. The van der Waals surface area contributed by atoms with E-state index in [0.717, 1.165) is 20.3 Å². The molecule has 0 radical (unpaired) electrons. The summed E-state index contributed by atoms with van der Waals surface area (Å²) in [6, 6.07) is 11.5. The monoisotopic (exact) mass is 472 g/mol. The van der Waals surface area contributed by atoms with Gasteiger partial charge in [-0.2, -0.15) is 0 Å². The van der Waals surface area contributed by atoms with Crippen molar-refractivity contribution in [2.24, 2.45) is 0 Å². The molecule has 5 heteroatoms. The van der Waals surface area contributed by atoms with E-state index in [4.69, 9.17) is 9.47 Å². The summed E-state index contributed by atoms with van der Waals surface area (Å²) < 4.78 is 12.4. The Balaban J connectivity index is 0.000000257. The van der Waals surface area contributed by atoms with Crippen molar-refractivity contribution in [3.05, 3.63) is 56.5 Å². The lowest BCUT2D eigenvalue weighted by Gasteiger charge is -2.13. The zero-order valence-corrected chi connectivity index (χ0v) is 18.5. The first-order chi connectivity index (χ1) is 11.8. The van der Waals surface area contributed by atoms with Crippen molar-refractivity contribution in [3.8, 4) is 11.5 Å². The highest BCUT2D eigenvalue weighted by molar-refractivity contribution is 9.10. The van der Waals surface area contributed by atoms with Gasteiger partial charge in [0.2, 0.25) is 0 Å². The molecule has 0 aliphatic carbocycles. The van der Waals surface area contributed by atoms with Gasteiger partial charge < -0.3 is 14.6 Å². The fourth-order valence-corrected chi connectivity index (χ4v) is 2.97. The number of ether oxygens (including phenoxy) is 2. The second-order valence-electron chi connectivity index (χ2n) is 6.25. The van der Waals surface area contributed by atoms with Crippen molar-refractivity contribution in [1.29, 1.82) is 0 Å². The SMILES string of the molecule is CC(C)c1cc(Br)ccc1O.COCOc1ccc(Br)cc1C(C)C. The Morgan fingerprint density at radius 3 is 1.88 bits per heavy atom. The number of phenols is 1. The standard InChI is InChI=1S/C11H15BrO2.C9H11BrO/c1-8(2)10-6-9(12)4-5-11(10)14-7-13-3;1-6(2)8-5-7(10)3-4-9(8)11/h4-6,8H,7H2,1-3H3;3-6,11H,1-2H3. The highest BCUT2D eigenvalue weighted by atomic mass is 79.9. The zero-order valence-electron chi connectivity index (χ0n) is 15.3. The maximum Gasteiger partial charge on any atom is 0.188 e. The third-order valence-corrected chi connectivity index (χ3v) is 4.52. The van der Waals surface area contributed by atoms with Gasteiger partial charge in [-0.25, -0.2) is 0 Å². The molecule has 0 amide bonds. The summed E-state index contributed by atoms with van der Waals surface area (Å²) in [6.07, 6.45) is 0. The summed E-state index contributed by atoms with van der Waals surface area (Å²) in [7, 11) is 1.62. The Morgan fingerprint density at radius 1 is 0.880 bits per heavy atom. The molecule has 2 aromatic carbocycles. The van der Waals surface area contributed by atoms with Crippen LogP contribution in [0.4, 0.5) is 0 Å². The first kappa shape index (κ1) is 22.0. The highest BCUT2D eigenvalue weighted by Crippen LogP contribution is 2.29. The molecule has 0 saturated carbocycles. The third-order valence-electron chi connectivity index (χ3n) is 3.54. The molecule has 0 bridgehead atoms. The molecule has 0 aliphatic heterocycles. The summed E-state index contributed by atoms with van der Waals surface area (Å²) in [4.78, 5) is 0. The number of hydrogen-bond acceptors (Lipinski definition) is 3. The minimum atomic E-state index is 0.293. The summed E-state index contributed by atoms with van der Waals surface area (Å²) in [6.45, 7) is 8.69. The van der Waals surface area contributed by atoms with Crippen LogP contribution in [-0.2, 0) is 4.74 Å². The Morgan fingerprint density at radius 2 is 1.40 bits per heavy atom. The van der Waals surface area contributed by atoms with Crippen LogP contribution in [0.1, 0.15) is 50.7 Å². The molecule has 0 unspecified atom stereocenters. The molecule has 1 N–H and O–H groups in total. The topological polar surface area (TPSA) is 38.7 Å². The molecule has 138 valence electrons. The summed E-state index contributed by atoms with van der Waals surface area (Å²) in [5, 5.41) is 9.38. The lowest BCUT2D eigenvalue weighted by atomic mass is 10.0. The van der Waals surface area contributed by atoms with Crippen molar-refractivity contribution >= 4 is 31.9 Å². The van der Waals surface area contributed by atoms with Gasteiger partial charge in [0.05, 0.1) is 0 Å². The number of benzene rings is 2. The van der Waals surface area contributed by atoms with E-state index in [2.05, 4.69) is 65.6 Å². The van der Waals surface area contributed by atoms with Gasteiger partial charge in [-0.3, -0.25) is 0 Å². The lowest BCUT2D eigenvalue weighted by Crippen LogP contribution is -2.02. The van der Waals surface area contributed by atoms with E-state index in [1.807, 2.05) is 24.3 Å². The predicted octanol–water partition coefficient (Wildman–Crippen LogP) is 6.83. The van der Waals surface area contributed by atoms with Gasteiger partial charge in [0.1, 0.15) is 11.5 Å². The second kappa shape index (κ2) is 10.8. The molecule has 0 saturated heterocycles. The molecule has 2 aromatic rings. The average molecular weight is 474 g/mol. The fraction of sp³-hybridized carbons (Fsp3) is 0.400. The number of halogens is 2. The Labute approximate surface area is 167 Å². The van der Waals surface area contributed by atoms with E-state index in [9.17, 15) is 5.11 Å². The molecule has 0 spiro atoms. The number of hydrogen-bond donors (Lipinski definition) is 1. The molecule has 2 rings (SSSR count). The van der Waals surface area contributed by atoms with Crippen LogP contribution in [0.3, 0.4) is 0 Å². The van der Waals surface area contributed by atoms with Crippen LogP contribution in [0.2, 0.25) is 0 Å². The van der Waals surface area contributed by atoms with Crippen LogP contribution in [0, 0.1) is 0 Å². The van der Waals surface area contributed by atoms with Crippen LogP contribution >= 0.6 is 31.9 Å². The van der Waals surface area contributed by atoms with Crippen molar-refractivity contribution < 1.29 is 14.6 Å². The van der Waals surface area contributed by atoms with E-state index in [-0.39, 0.29) is 0 Å². The van der Waals surface area contributed by atoms with Crippen molar-refractivity contribution in [3.63, 3.8) is 0 Å². The van der Waals surface area contributed by atoms with E-state index in [0.29, 0.717) is 24.4 Å². The Kier molecular flexibility index (Phi) is 9.54. The summed E-state index contributed by atoms with van der Waals surface area (Å²) in [5.74, 6) is 2.08. The van der Waals surface area contributed by atoms with E-state index < -0.39 is 0 Å². The van der Waals surface area contributed by atoms with Crippen LogP contribution in [0.25, 0.3) is 0 Å². The quantitative estimate of drug-likeness (QED) is 0.483. The van der Waals surface area contributed by atoms with Crippen molar-refractivity contribution in [2.75, 3.05) is 13.9 Å². The summed E-state index contributed by atoms with van der Waals surface area (Å²) >= 11 is 6.80. The number of phenolic OH excluding ortho intramolecular Hbond substituents is 1. The Hall–Kier alpha value is -1.04. The molecular weight excluding hydrogens is 448 g/mol. The molecular formula is C20H26Br2O3. The first-order valence-electron chi connectivity index (χ1n) is 8.15. The van der Waals surface area contributed by atoms with E-state index in [1.165, 1.54) is 5.56 Å². The van der Waals surface area contributed by atoms with Crippen LogP contribution in [0.5, 0.6) is 11.5 Å². The minimum Gasteiger partial charge on any atom is -0.508 e. The third kappa shape index (κ3) is 7.38. The zero-order chi connectivity index (χ0) is 19.0. The van der Waals surface area contributed by atoms with Crippen LogP contribution in [-0.4, -0.2) is 19.0 Å². The van der Waals surface area contributed by atoms with E-state index in [1.54, 1.807) is 13.2 Å².